The predicted octanol–water partition coefficient (Wildman–Crippen LogP) is 3.81. The van der Waals surface area contributed by atoms with E-state index < -0.39 is 0 Å². The molecule has 2 amide bonds. The third kappa shape index (κ3) is 3.82. The van der Waals surface area contributed by atoms with E-state index in [-0.39, 0.29) is 11.8 Å². The molecule has 24 heavy (non-hydrogen) atoms. The van der Waals surface area contributed by atoms with E-state index in [0.717, 1.165) is 19.5 Å². The second kappa shape index (κ2) is 7.30. The van der Waals surface area contributed by atoms with E-state index in [1.54, 1.807) is 36.4 Å². The lowest BCUT2D eigenvalue weighted by Gasteiger charge is -2.31. The number of piperidine rings is 1. The highest BCUT2D eigenvalue weighted by Crippen LogP contribution is 2.19. The van der Waals surface area contributed by atoms with Crippen LogP contribution in [0.25, 0.3) is 0 Å². The Kier molecular flexibility index (Phi) is 4.94. The SMILES string of the molecule is CC1CCCN(C(=O)c2cccc(NC(=O)c3ccccc3)c2)C1. The lowest BCUT2D eigenvalue weighted by atomic mass is 9.99. The Morgan fingerprint density at radius 3 is 2.54 bits per heavy atom. The topological polar surface area (TPSA) is 49.4 Å². The molecule has 0 saturated carbocycles. The molecule has 0 bridgehead atoms. The monoisotopic (exact) mass is 322 g/mol. The maximum absolute atomic E-state index is 12.7. The fraction of sp³-hybridized carbons (Fsp3) is 0.300. The first-order valence-electron chi connectivity index (χ1n) is 8.39. The van der Waals surface area contributed by atoms with Crippen molar-refractivity contribution in [3.8, 4) is 0 Å². The number of nitrogens with one attached hydrogen (secondary N) is 1. The molecule has 1 unspecified atom stereocenters. The van der Waals surface area contributed by atoms with Crippen molar-refractivity contribution in [2.45, 2.75) is 19.8 Å². The van der Waals surface area contributed by atoms with Gasteiger partial charge in [-0.15, -0.1) is 0 Å². The number of nitrogens with zero attached hydrogens (tertiary/aromatic N) is 1. The Morgan fingerprint density at radius 1 is 1.04 bits per heavy atom. The number of hydrogen-bond donors (Lipinski definition) is 1. The van der Waals surface area contributed by atoms with Crippen molar-refractivity contribution in [3.63, 3.8) is 0 Å². The average molecular weight is 322 g/mol. The average Bonchev–Trinajstić information content (AvgIpc) is 2.62. The fourth-order valence-electron chi connectivity index (χ4n) is 3.08. The zero-order valence-electron chi connectivity index (χ0n) is 13.9. The number of likely N-dealkylation sites (tertiary alicyclic amines) is 1. The zero-order valence-corrected chi connectivity index (χ0v) is 13.9. The summed E-state index contributed by atoms with van der Waals surface area (Å²) in [5.41, 5.74) is 1.86. The number of carbonyl (C=O) groups excluding carboxylic acids is 2. The van der Waals surface area contributed by atoms with Crippen molar-refractivity contribution in [2.75, 3.05) is 18.4 Å². The van der Waals surface area contributed by atoms with Gasteiger partial charge in [-0.25, -0.2) is 0 Å². The maximum Gasteiger partial charge on any atom is 0.255 e. The van der Waals surface area contributed by atoms with Crippen molar-refractivity contribution in [1.29, 1.82) is 0 Å². The predicted molar refractivity (Wildman–Crippen MR) is 95.1 cm³/mol. The van der Waals surface area contributed by atoms with Crippen molar-refractivity contribution in [2.24, 2.45) is 5.92 Å². The van der Waals surface area contributed by atoms with E-state index in [4.69, 9.17) is 0 Å². The molecule has 0 spiro atoms. The molecule has 1 fully saturated rings. The minimum Gasteiger partial charge on any atom is -0.338 e. The van der Waals surface area contributed by atoms with Crippen LogP contribution in [0.1, 0.15) is 40.5 Å². The molecule has 1 heterocycles. The van der Waals surface area contributed by atoms with Crippen LogP contribution in [-0.2, 0) is 0 Å². The molecule has 0 aromatic heterocycles. The summed E-state index contributed by atoms with van der Waals surface area (Å²) in [6.07, 6.45) is 2.23. The van der Waals surface area contributed by atoms with Crippen LogP contribution in [0.5, 0.6) is 0 Å². The van der Waals surface area contributed by atoms with Crippen LogP contribution in [0.15, 0.2) is 54.6 Å². The molecule has 124 valence electrons. The Balaban J connectivity index is 1.72. The molecule has 3 rings (SSSR count). The van der Waals surface area contributed by atoms with E-state index in [2.05, 4.69) is 12.2 Å². The number of benzene rings is 2. The number of amides is 2. The van der Waals surface area contributed by atoms with E-state index in [0.29, 0.717) is 22.7 Å². The van der Waals surface area contributed by atoms with Crippen LogP contribution in [0.4, 0.5) is 5.69 Å². The largest absolute Gasteiger partial charge is 0.338 e. The molecule has 2 aromatic carbocycles. The van der Waals surface area contributed by atoms with Crippen molar-refractivity contribution < 1.29 is 9.59 Å². The van der Waals surface area contributed by atoms with E-state index in [9.17, 15) is 9.59 Å². The van der Waals surface area contributed by atoms with Crippen LogP contribution in [0.2, 0.25) is 0 Å². The van der Waals surface area contributed by atoms with Gasteiger partial charge < -0.3 is 10.2 Å². The van der Waals surface area contributed by atoms with Gasteiger partial charge in [0.25, 0.3) is 11.8 Å². The normalized spacial score (nSPS) is 17.4. The number of rotatable bonds is 3. The van der Waals surface area contributed by atoms with Crippen molar-refractivity contribution >= 4 is 17.5 Å². The Morgan fingerprint density at radius 2 is 1.79 bits per heavy atom. The second-order valence-corrected chi connectivity index (χ2v) is 6.40. The summed E-state index contributed by atoms with van der Waals surface area (Å²) < 4.78 is 0. The third-order valence-corrected chi connectivity index (χ3v) is 4.35. The molecule has 2 aromatic rings. The summed E-state index contributed by atoms with van der Waals surface area (Å²) in [4.78, 5) is 26.8. The first kappa shape index (κ1) is 16.2. The molecular weight excluding hydrogens is 300 g/mol. The quantitative estimate of drug-likeness (QED) is 0.934. The summed E-state index contributed by atoms with van der Waals surface area (Å²) >= 11 is 0. The van der Waals surface area contributed by atoms with Crippen LogP contribution in [-0.4, -0.2) is 29.8 Å². The summed E-state index contributed by atoms with van der Waals surface area (Å²) in [7, 11) is 0. The maximum atomic E-state index is 12.7. The molecular formula is C20H22N2O2. The minimum atomic E-state index is -0.174. The highest BCUT2D eigenvalue weighted by atomic mass is 16.2. The first-order chi connectivity index (χ1) is 11.6. The van der Waals surface area contributed by atoms with Gasteiger partial charge in [-0.05, 0) is 49.1 Å². The number of hydrogen-bond acceptors (Lipinski definition) is 2. The van der Waals surface area contributed by atoms with E-state index >= 15 is 0 Å². The Labute approximate surface area is 142 Å². The summed E-state index contributed by atoms with van der Waals surface area (Å²) in [6.45, 7) is 3.79. The van der Waals surface area contributed by atoms with Gasteiger partial charge >= 0.3 is 0 Å². The van der Waals surface area contributed by atoms with Gasteiger partial charge in [0.2, 0.25) is 0 Å². The molecule has 1 saturated heterocycles. The molecule has 4 nitrogen and oxygen atoms in total. The lowest BCUT2D eigenvalue weighted by molar-refractivity contribution is 0.0683. The number of carbonyl (C=O) groups is 2. The van der Waals surface area contributed by atoms with Gasteiger partial charge in [0.05, 0.1) is 0 Å². The van der Waals surface area contributed by atoms with Crippen LogP contribution < -0.4 is 5.32 Å². The number of anilines is 1. The molecule has 0 radical (unpaired) electrons. The third-order valence-electron chi connectivity index (χ3n) is 4.35. The van der Waals surface area contributed by atoms with Gasteiger partial charge in [-0.3, -0.25) is 9.59 Å². The fourth-order valence-corrected chi connectivity index (χ4v) is 3.08. The summed E-state index contributed by atoms with van der Waals surface area (Å²) in [6, 6.07) is 16.2. The first-order valence-corrected chi connectivity index (χ1v) is 8.39. The van der Waals surface area contributed by atoms with Crippen LogP contribution in [0, 0.1) is 5.92 Å². The zero-order chi connectivity index (χ0) is 16.9. The van der Waals surface area contributed by atoms with Crippen LogP contribution in [0.3, 0.4) is 0 Å². The molecule has 1 atom stereocenters. The summed E-state index contributed by atoms with van der Waals surface area (Å²) in [5, 5.41) is 2.86. The second-order valence-electron chi connectivity index (χ2n) is 6.40. The highest BCUT2D eigenvalue weighted by molar-refractivity contribution is 6.05. The molecule has 1 aliphatic rings. The van der Waals surface area contributed by atoms with Crippen molar-refractivity contribution in [1.82, 2.24) is 4.90 Å². The Hall–Kier alpha value is -2.62. The smallest absolute Gasteiger partial charge is 0.255 e. The van der Waals surface area contributed by atoms with Gasteiger partial charge in [-0.2, -0.15) is 0 Å². The highest BCUT2D eigenvalue weighted by Gasteiger charge is 2.22. The van der Waals surface area contributed by atoms with E-state index in [1.165, 1.54) is 6.42 Å². The molecule has 0 aliphatic carbocycles. The lowest BCUT2D eigenvalue weighted by Crippen LogP contribution is -2.39. The van der Waals surface area contributed by atoms with Gasteiger partial charge in [0.15, 0.2) is 0 Å². The molecule has 1 N–H and O–H groups in total. The van der Waals surface area contributed by atoms with Gasteiger partial charge in [-0.1, -0.05) is 31.2 Å². The van der Waals surface area contributed by atoms with Crippen molar-refractivity contribution in [3.05, 3.63) is 65.7 Å². The van der Waals surface area contributed by atoms with Gasteiger partial charge in [0, 0.05) is 29.9 Å². The van der Waals surface area contributed by atoms with E-state index in [1.807, 2.05) is 23.1 Å². The molecule has 1 aliphatic heterocycles. The summed E-state index contributed by atoms with van der Waals surface area (Å²) in [5.74, 6) is 0.410. The minimum absolute atomic E-state index is 0.0392. The van der Waals surface area contributed by atoms with Gasteiger partial charge in [0.1, 0.15) is 0 Å². The van der Waals surface area contributed by atoms with Crippen LogP contribution >= 0.6 is 0 Å². The molecule has 4 heteroatoms. The Bertz CT molecular complexity index is 727. The standard InChI is InChI=1S/C20H22N2O2/c1-15-7-6-12-22(14-15)20(24)17-10-5-11-18(13-17)21-19(23)16-8-3-2-4-9-16/h2-5,8-11,13,15H,6-7,12,14H2,1H3,(H,21,23).